The standard InChI is InChI=1S/C11H19F3O/c1-9(2)5-3-6-10(9,15)7-4-8-11(12,13)14/h15H,3-8H2,1-2H3. The third kappa shape index (κ3) is 3.10. The molecular weight excluding hydrogens is 205 g/mol. The van der Waals surface area contributed by atoms with Gasteiger partial charge in [-0.05, 0) is 37.5 Å². The largest absolute Gasteiger partial charge is 0.389 e. The van der Waals surface area contributed by atoms with E-state index < -0.39 is 18.2 Å². The predicted octanol–water partition coefficient (Wildman–Crippen LogP) is 3.66. The van der Waals surface area contributed by atoms with Crippen molar-refractivity contribution in [3.8, 4) is 0 Å². The molecule has 1 aliphatic rings. The molecule has 0 aromatic heterocycles. The minimum atomic E-state index is -4.10. The number of aliphatic hydroxyl groups is 1. The molecule has 1 nitrogen and oxygen atoms in total. The van der Waals surface area contributed by atoms with Gasteiger partial charge in [0.25, 0.3) is 0 Å². The summed E-state index contributed by atoms with van der Waals surface area (Å²) in [5, 5.41) is 10.2. The first-order valence-electron chi connectivity index (χ1n) is 5.45. The minimum Gasteiger partial charge on any atom is -0.389 e. The summed E-state index contributed by atoms with van der Waals surface area (Å²) in [6, 6.07) is 0. The van der Waals surface area contributed by atoms with Crippen LogP contribution in [0.4, 0.5) is 13.2 Å². The molecule has 0 radical (unpaired) electrons. The predicted molar refractivity (Wildman–Crippen MR) is 52.5 cm³/mol. The molecule has 1 unspecified atom stereocenters. The normalized spacial score (nSPS) is 30.8. The smallest absolute Gasteiger partial charge is 0.389 e. The Kier molecular flexibility index (Phi) is 3.39. The summed E-state index contributed by atoms with van der Waals surface area (Å²) in [6.45, 7) is 3.88. The summed E-state index contributed by atoms with van der Waals surface area (Å²) in [6.07, 6.45) is -2.14. The molecule has 0 heterocycles. The number of hydrogen-bond acceptors (Lipinski definition) is 1. The van der Waals surface area contributed by atoms with Gasteiger partial charge in [0.1, 0.15) is 0 Å². The van der Waals surface area contributed by atoms with Crippen LogP contribution < -0.4 is 0 Å². The van der Waals surface area contributed by atoms with Gasteiger partial charge in [0.2, 0.25) is 0 Å². The second-order valence-corrected chi connectivity index (χ2v) is 5.24. The molecule has 90 valence electrons. The van der Waals surface area contributed by atoms with E-state index in [0.717, 1.165) is 12.8 Å². The van der Waals surface area contributed by atoms with E-state index >= 15 is 0 Å². The average Bonchev–Trinajstić information content (AvgIpc) is 2.24. The molecule has 0 aromatic carbocycles. The van der Waals surface area contributed by atoms with E-state index in [-0.39, 0.29) is 18.3 Å². The second-order valence-electron chi connectivity index (χ2n) is 5.24. The van der Waals surface area contributed by atoms with E-state index in [1.807, 2.05) is 13.8 Å². The number of halogens is 3. The Balaban J connectivity index is 2.44. The molecule has 1 atom stereocenters. The summed E-state index contributed by atoms with van der Waals surface area (Å²) in [5.74, 6) is 0. The second kappa shape index (κ2) is 3.96. The fourth-order valence-corrected chi connectivity index (χ4v) is 2.44. The molecule has 0 aromatic rings. The van der Waals surface area contributed by atoms with Crippen LogP contribution in [0.25, 0.3) is 0 Å². The summed E-state index contributed by atoms with van der Waals surface area (Å²) in [7, 11) is 0. The Bertz CT molecular complexity index is 222. The van der Waals surface area contributed by atoms with Crippen molar-refractivity contribution in [1.82, 2.24) is 0 Å². The lowest BCUT2D eigenvalue weighted by atomic mass is 9.75. The summed E-state index contributed by atoms with van der Waals surface area (Å²) < 4.78 is 35.9. The first-order valence-corrected chi connectivity index (χ1v) is 5.45. The van der Waals surface area contributed by atoms with Gasteiger partial charge in [-0.15, -0.1) is 0 Å². The Hall–Kier alpha value is -0.250. The minimum absolute atomic E-state index is 0.0312. The molecule has 1 aliphatic carbocycles. The van der Waals surface area contributed by atoms with Crippen molar-refractivity contribution in [3.05, 3.63) is 0 Å². The van der Waals surface area contributed by atoms with Crippen LogP contribution in [0, 0.1) is 5.41 Å². The quantitative estimate of drug-likeness (QED) is 0.775. The lowest BCUT2D eigenvalue weighted by Crippen LogP contribution is -2.39. The van der Waals surface area contributed by atoms with Gasteiger partial charge in [0, 0.05) is 6.42 Å². The molecule has 1 N–H and O–H groups in total. The van der Waals surface area contributed by atoms with Crippen molar-refractivity contribution in [2.45, 2.75) is 64.1 Å². The summed E-state index contributed by atoms with van der Waals surface area (Å²) >= 11 is 0. The SMILES string of the molecule is CC1(C)CCCC1(O)CCCC(F)(F)F. The highest BCUT2D eigenvalue weighted by Crippen LogP contribution is 2.48. The summed E-state index contributed by atoms with van der Waals surface area (Å²) in [5.41, 5.74) is -1.13. The van der Waals surface area contributed by atoms with E-state index in [1.54, 1.807) is 0 Å². The topological polar surface area (TPSA) is 20.2 Å². The van der Waals surface area contributed by atoms with Gasteiger partial charge in [-0.25, -0.2) is 0 Å². The molecule has 1 fully saturated rings. The lowest BCUT2D eigenvalue weighted by Gasteiger charge is -2.37. The Morgan fingerprint density at radius 1 is 1.20 bits per heavy atom. The fraction of sp³-hybridized carbons (Fsp3) is 1.00. The molecule has 0 spiro atoms. The van der Waals surface area contributed by atoms with Crippen molar-refractivity contribution in [3.63, 3.8) is 0 Å². The van der Waals surface area contributed by atoms with Gasteiger partial charge >= 0.3 is 6.18 Å². The van der Waals surface area contributed by atoms with Gasteiger partial charge in [-0.3, -0.25) is 0 Å². The van der Waals surface area contributed by atoms with E-state index in [9.17, 15) is 18.3 Å². The molecule has 1 rings (SSSR count). The highest BCUT2D eigenvalue weighted by molar-refractivity contribution is 4.98. The van der Waals surface area contributed by atoms with E-state index in [4.69, 9.17) is 0 Å². The first-order chi connectivity index (χ1) is 6.66. The van der Waals surface area contributed by atoms with Gasteiger partial charge in [-0.2, -0.15) is 13.2 Å². The third-order valence-electron chi connectivity index (χ3n) is 3.70. The summed E-state index contributed by atoms with van der Waals surface area (Å²) in [4.78, 5) is 0. The molecular formula is C11H19F3O. The van der Waals surface area contributed by atoms with E-state index in [2.05, 4.69) is 0 Å². The molecule has 0 amide bonds. The van der Waals surface area contributed by atoms with Crippen LogP contribution in [0.5, 0.6) is 0 Å². The number of rotatable bonds is 3. The lowest BCUT2D eigenvalue weighted by molar-refractivity contribution is -0.140. The van der Waals surface area contributed by atoms with Crippen molar-refractivity contribution in [2.75, 3.05) is 0 Å². The third-order valence-corrected chi connectivity index (χ3v) is 3.70. The van der Waals surface area contributed by atoms with Crippen molar-refractivity contribution >= 4 is 0 Å². The molecule has 0 bridgehead atoms. The molecule has 15 heavy (non-hydrogen) atoms. The molecule has 1 saturated carbocycles. The van der Waals surface area contributed by atoms with E-state index in [1.165, 1.54) is 0 Å². The average molecular weight is 224 g/mol. The Labute approximate surface area is 88.7 Å². The molecule has 4 heteroatoms. The number of hydrogen-bond donors (Lipinski definition) is 1. The van der Waals surface area contributed by atoms with E-state index in [0.29, 0.717) is 6.42 Å². The van der Waals surface area contributed by atoms with Crippen LogP contribution in [0.2, 0.25) is 0 Å². The maximum absolute atomic E-state index is 12.0. The van der Waals surface area contributed by atoms with Gasteiger partial charge in [-0.1, -0.05) is 13.8 Å². The zero-order valence-corrected chi connectivity index (χ0v) is 9.32. The van der Waals surface area contributed by atoms with Crippen LogP contribution >= 0.6 is 0 Å². The first kappa shape index (κ1) is 12.8. The molecule has 0 saturated heterocycles. The van der Waals surface area contributed by atoms with Crippen LogP contribution in [-0.4, -0.2) is 16.9 Å². The van der Waals surface area contributed by atoms with Crippen molar-refractivity contribution in [2.24, 2.45) is 5.41 Å². The maximum atomic E-state index is 12.0. The van der Waals surface area contributed by atoms with Crippen molar-refractivity contribution < 1.29 is 18.3 Å². The highest BCUT2D eigenvalue weighted by atomic mass is 19.4. The zero-order chi connectivity index (χ0) is 11.7. The Morgan fingerprint density at radius 2 is 1.80 bits per heavy atom. The highest BCUT2D eigenvalue weighted by Gasteiger charge is 2.47. The van der Waals surface area contributed by atoms with Crippen LogP contribution in [0.1, 0.15) is 52.4 Å². The van der Waals surface area contributed by atoms with Crippen LogP contribution in [0.3, 0.4) is 0 Å². The molecule has 0 aliphatic heterocycles. The number of alkyl halides is 3. The maximum Gasteiger partial charge on any atom is 0.389 e. The zero-order valence-electron chi connectivity index (χ0n) is 9.32. The fourth-order valence-electron chi connectivity index (χ4n) is 2.44. The van der Waals surface area contributed by atoms with Crippen LogP contribution in [-0.2, 0) is 0 Å². The van der Waals surface area contributed by atoms with Crippen molar-refractivity contribution in [1.29, 1.82) is 0 Å². The van der Waals surface area contributed by atoms with Gasteiger partial charge in [0.05, 0.1) is 5.60 Å². The van der Waals surface area contributed by atoms with Gasteiger partial charge in [0.15, 0.2) is 0 Å². The Morgan fingerprint density at radius 3 is 2.20 bits per heavy atom. The van der Waals surface area contributed by atoms with Gasteiger partial charge < -0.3 is 5.11 Å². The monoisotopic (exact) mass is 224 g/mol. The van der Waals surface area contributed by atoms with Crippen LogP contribution in [0.15, 0.2) is 0 Å².